The largest absolute Gasteiger partial charge is 0.508 e. The fourth-order valence-corrected chi connectivity index (χ4v) is 1.44. The molecule has 1 aromatic carbocycles. The average molecular weight is 236 g/mol. The second-order valence-corrected chi connectivity index (χ2v) is 4.24. The molecule has 1 aromatic rings. The Labute approximate surface area is 102 Å². The summed E-state index contributed by atoms with van der Waals surface area (Å²) in [6, 6.07) is 6.72. The molecule has 0 spiro atoms. The van der Waals surface area contributed by atoms with Gasteiger partial charge in [-0.15, -0.1) is 0 Å². The Kier molecular flexibility index (Phi) is 4.82. The zero-order valence-corrected chi connectivity index (χ0v) is 10.5. The van der Waals surface area contributed by atoms with Crippen LogP contribution in [0.4, 0.5) is 4.79 Å². The van der Waals surface area contributed by atoms with Gasteiger partial charge in [-0.3, -0.25) is 0 Å². The minimum absolute atomic E-state index is 0.133. The monoisotopic (exact) mass is 236 g/mol. The zero-order chi connectivity index (χ0) is 12.8. The summed E-state index contributed by atoms with van der Waals surface area (Å²) in [5.41, 5.74) is 0.879. The van der Waals surface area contributed by atoms with E-state index in [-0.39, 0.29) is 23.9 Å². The van der Waals surface area contributed by atoms with Crippen LogP contribution in [0.2, 0.25) is 0 Å². The van der Waals surface area contributed by atoms with Crippen LogP contribution in [0, 0.1) is 0 Å². The first-order chi connectivity index (χ1) is 8.02. The van der Waals surface area contributed by atoms with Gasteiger partial charge in [-0.05, 0) is 38.0 Å². The fourth-order valence-electron chi connectivity index (χ4n) is 1.44. The van der Waals surface area contributed by atoms with Crippen molar-refractivity contribution in [2.45, 2.75) is 39.3 Å². The summed E-state index contributed by atoms with van der Waals surface area (Å²) >= 11 is 0. The third kappa shape index (κ3) is 4.34. The normalized spacial score (nSPS) is 13.8. The molecule has 4 nitrogen and oxygen atoms in total. The first kappa shape index (κ1) is 13.4. The number of aromatic hydroxyl groups is 1. The molecule has 0 aliphatic rings. The minimum Gasteiger partial charge on any atom is -0.508 e. The SMILES string of the molecule is CC[C@@H](C)NC(=O)N[C@H](C)c1cccc(O)c1. The van der Waals surface area contributed by atoms with Gasteiger partial charge in [0.05, 0.1) is 6.04 Å². The van der Waals surface area contributed by atoms with Gasteiger partial charge >= 0.3 is 6.03 Å². The van der Waals surface area contributed by atoms with Gasteiger partial charge in [0.15, 0.2) is 0 Å². The minimum atomic E-state index is -0.185. The Bertz CT molecular complexity index is 379. The molecule has 0 aliphatic carbocycles. The van der Waals surface area contributed by atoms with Crippen LogP contribution in [-0.4, -0.2) is 17.2 Å². The van der Waals surface area contributed by atoms with Crippen LogP contribution in [0.3, 0.4) is 0 Å². The molecule has 2 atom stereocenters. The van der Waals surface area contributed by atoms with Crippen molar-refractivity contribution >= 4 is 6.03 Å². The molecule has 0 heterocycles. The lowest BCUT2D eigenvalue weighted by Gasteiger charge is -2.17. The molecule has 0 aliphatic heterocycles. The lowest BCUT2D eigenvalue weighted by molar-refractivity contribution is 0.234. The standard InChI is InChI=1S/C13H20N2O2/c1-4-9(2)14-13(17)15-10(3)11-6-5-7-12(16)8-11/h5-10,16H,4H2,1-3H3,(H2,14,15,17)/t9-,10-/m1/s1. The maximum Gasteiger partial charge on any atom is 0.315 e. The van der Waals surface area contributed by atoms with E-state index in [0.29, 0.717) is 0 Å². The lowest BCUT2D eigenvalue weighted by atomic mass is 10.1. The molecular weight excluding hydrogens is 216 g/mol. The molecule has 0 saturated heterocycles. The number of nitrogens with one attached hydrogen (secondary N) is 2. The van der Waals surface area contributed by atoms with Crippen molar-refractivity contribution in [2.75, 3.05) is 0 Å². The number of benzene rings is 1. The number of phenols is 1. The molecule has 0 saturated carbocycles. The van der Waals surface area contributed by atoms with Crippen LogP contribution in [0.15, 0.2) is 24.3 Å². The number of hydrogen-bond donors (Lipinski definition) is 3. The Morgan fingerprint density at radius 3 is 2.65 bits per heavy atom. The van der Waals surface area contributed by atoms with Gasteiger partial charge in [0.2, 0.25) is 0 Å². The van der Waals surface area contributed by atoms with Crippen LogP contribution in [0.1, 0.15) is 38.8 Å². The van der Waals surface area contributed by atoms with Crippen LogP contribution in [0.5, 0.6) is 5.75 Å². The molecule has 0 radical (unpaired) electrons. The predicted molar refractivity (Wildman–Crippen MR) is 67.9 cm³/mol. The Morgan fingerprint density at radius 1 is 1.35 bits per heavy atom. The molecule has 1 rings (SSSR count). The van der Waals surface area contributed by atoms with E-state index in [1.165, 1.54) is 0 Å². The van der Waals surface area contributed by atoms with Crippen molar-refractivity contribution in [2.24, 2.45) is 0 Å². The van der Waals surface area contributed by atoms with E-state index in [2.05, 4.69) is 10.6 Å². The van der Waals surface area contributed by atoms with Crippen molar-refractivity contribution in [1.82, 2.24) is 10.6 Å². The van der Waals surface area contributed by atoms with E-state index in [1.54, 1.807) is 18.2 Å². The van der Waals surface area contributed by atoms with Gasteiger partial charge in [-0.25, -0.2) is 4.79 Å². The van der Waals surface area contributed by atoms with E-state index in [0.717, 1.165) is 12.0 Å². The van der Waals surface area contributed by atoms with Crippen molar-refractivity contribution in [1.29, 1.82) is 0 Å². The number of phenolic OH excluding ortho intramolecular Hbond substituents is 1. The summed E-state index contributed by atoms with van der Waals surface area (Å²) in [6.07, 6.45) is 0.897. The van der Waals surface area contributed by atoms with Gasteiger partial charge in [0.25, 0.3) is 0 Å². The van der Waals surface area contributed by atoms with E-state index in [9.17, 15) is 9.90 Å². The molecular formula is C13H20N2O2. The number of amides is 2. The van der Waals surface area contributed by atoms with Gasteiger partial charge in [-0.2, -0.15) is 0 Å². The van der Waals surface area contributed by atoms with Crippen LogP contribution >= 0.6 is 0 Å². The Morgan fingerprint density at radius 2 is 2.06 bits per heavy atom. The van der Waals surface area contributed by atoms with Gasteiger partial charge in [-0.1, -0.05) is 19.1 Å². The smallest absolute Gasteiger partial charge is 0.315 e. The van der Waals surface area contributed by atoms with E-state index in [1.807, 2.05) is 26.8 Å². The first-order valence-electron chi connectivity index (χ1n) is 5.89. The molecule has 0 fully saturated rings. The summed E-state index contributed by atoms with van der Waals surface area (Å²) in [6.45, 7) is 5.85. The Balaban J connectivity index is 2.54. The molecule has 3 N–H and O–H groups in total. The second-order valence-electron chi connectivity index (χ2n) is 4.24. The number of rotatable bonds is 4. The number of carbonyl (C=O) groups excluding carboxylic acids is 1. The van der Waals surface area contributed by atoms with Gasteiger partial charge in [0.1, 0.15) is 5.75 Å². The summed E-state index contributed by atoms with van der Waals surface area (Å²) in [7, 11) is 0. The zero-order valence-electron chi connectivity index (χ0n) is 10.5. The molecule has 0 bridgehead atoms. The highest BCUT2D eigenvalue weighted by molar-refractivity contribution is 5.74. The van der Waals surface area contributed by atoms with Crippen LogP contribution < -0.4 is 10.6 Å². The highest BCUT2D eigenvalue weighted by Gasteiger charge is 2.10. The van der Waals surface area contributed by atoms with Crippen LogP contribution in [-0.2, 0) is 0 Å². The van der Waals surface area contributed by atoms with Crippen molar-refractivity contribution in [3.05, 3.63) is 29.8 Å². The molecule has 4 heteroatoms. The topological polar surface area (TPSA) is 61.4 Å². The van der Waals surface area contributed by atoms with Gasteiger partial charge < -0.3 is 15.7 Å². The number of carbonyl (C=O) groups is 1. The lowest BCUT2D eigenvalue weighted by Crippen LogP contribution is -2.41. The summed E-state index contributed by atoms with van der Waals surface area (Å²) in [5.74, 6) is 0.207. The van der Waals surface area contributed by atoms with Crippen molar-refractivity contribution in [3.8, 4) is 5.75 Å². The molecule has 94 valence electrons. The maximum atomic E-state index is 11.6. The van der Waals surface area contributed by atoms with E-state index >= 15 is 0 Å². The molecule has 17 heavy (non-hydrogen) atoms. The third-order valence-electron chi connectivity index (χ3n) is 2.71. The Hall–Kier alpha value is -1.71. The first-order valence-corrected chi connectivity index (χ1v) is 5.89. The van der Waals surface area contributed by atoms with E-state index < -0.39 is 0 Å². The highest BCUT2D eigenvalue weighted by Crippen LogP contribution is 2.17. The van der Waals surface area contributed by atoms with Crippen molar-refractivity contribution < 1.29 is 9.90 Å². The number of urea groups is 1. The van der Waals surface area contributed by atoms with Crippen molar-refractivity contribution in [3.63, 3.8) is 0 Å². The van der Waals surface area contributed by atoms with Gasteiger partial charge in [0, 0.05) is 6.04 Å². The summed E-state index contributed by atoms with van der Waals surface area (Å²) in [5, 5.41) is 15.0. The maximum absolute atomic E-state index is 11.6. The predicted octanol–water partition coefficient (Wildman–Crippen LogP) is 2.55. The van der Waals surface area contributed by atoms with Crippen LogP contribution in [0.25, 0.3) is 0 Å². The second kappa shape index (κ2) is 6.13. The number of hydrogen-bond acceptors (Lipinski definition) is 2. The quantitative estimate of drug-likeness (QED) is 0.752. The van der Waals surface area contributed by atoms with E-state index in [4.69, 9.17) is 0 Å². The fraction of sp³-hybridized carbons (Fsp3) is 0.462. The summed E-state index contributed by atoms with van der Waals surface area (Å²) < 4.78 is 0. The summed E-state index contributed by atoms with van der Waals surface area (Å²) in [4.78, 5) is 11.6. The molecule has 2 amide bonds. The average Bonchev–Trinajstić information content (AvgIpc) is 2.28. The molecule has 0 aromatic heterocycles. The molecule has 0 unspecified atom stereocenters. The third-order valence-corrected chi connectivity index (χ3v) is 2.71. The highest BCUT2D eigenvalue weighted by atomic mass is 16.3.